The fourth-order valence-electron chi connectivity index (χ4n) is 4.10. The van der Waals surface area contributed by atoms with Crippen LogP contribution in [-0.2, 0) is 5.41 Å². The number of benzene rings is 2. The minimum atomic E-state index is 0.0915. The molecule has 0 saturated carbocycles. The maximum atomic E-state index is 13.6. The maximum absolute atomic E-state index is 13.6. The summed E-state index contributed by atoms with van der Waals surface area (Å²) in [6, 6.07) is 16.5. The van der Waals surface area contributed by atoms with Crippen molar-refractivity contribution in [3.63, 3.8) is 0 Å². The molecule has 5 heteroatoms. The fourth-order valence-corrected chi connectivity index (χ4v) is 4.46. The van der Waals surface area contributed by atoms with Crippen LogP contribution in [0.5, 0.6) is 0 Å². The van der Waals surface area contributed by atoms with E-state index in [2.05, 4.69) is 72.8 Å². The number of amides is 1. The van der Waals surface area contributed by atoms with Crippen molar-refractivity contribution >= 4 is 32.7 Å². The van der Waals surface area contributed by atoms with Gasteiger partial charge in [0.05, 0.1) is 16.8 Å². The third-order valence-electron chi connectivity index (χ3n) is 6.15. The van der Waals surface area contributed by atoms with E-state index < -0.39 is 0 Å². The monoisotopic (exact) mass is 479 g/mol. The molecule has 1 amide bonds. The highest BCUT2D eigenvalue weighted by Crippen LogP contribution is 2.30. The predicted octanol–water partition coefficient (Wildman–Crippen LogP) is 5.74. The van der Waals surface area contributed by atoms with E-state index in [4.69, 9.17) is 4.98 Å². The second-order valence-corrected chi connectivity index (χ2v) is 10.2. The van der Waals surface area contributed by atoms with Crippen LogP contribution in [0.2, 0.25) is 0 Å². The Labute approximate surface area is 193 Å². The molecule has 31 heavy (non-hydrogen) atoms. The lowest BCUT2D eigenvalue weighted by Gasteiger charge is -2.34. The largest absolute Gasteiger partial charge is 0.336 e. The standard InChI is InChI=1S/C26H30BrN3O/c1-5-29-12-14-30(15-13-29)25(31)22-17-24(28-23-11-10-20(27)16-21(22)23)18-6-8-19(9-7-18)26(2,3)4/h6-11,16-17H,5,12-15H2,1-4H3. The molecule has 4 rings (SSSR count). The lowest BCUT2D eigenvalue weighted by atomic mass is 9.86. The summed E-state index contributed by atoms with van der Waals surface area (Å²) >= 11 is 3.56. The van der Waals surface area contributed by atoms with Crippen LogP contribution in [0, 0.1) is 0 Å². The predicted molar refractivity (Wildman–Crippen MR) is 132 cm³/mol. The van der Waals surface area contributed by atoms with Crippen LogP contribution in [0.25, 0.3) is 22.2 Å². The van der Waals surface area contributed by atoms with Crippen molar-refractivity contribution in [1.82, 2.24) is 14.8 Å². The molecule has 0 radical (unpaired) electrons. The Hall–Kier alpha value is -2.24. The zero-order valence-electron chi connectivity index (χ0n) is 18.8. The van der Waals surface area contributed by atoms with Gasteiger partial charge in [-0.05, 0) is 41.8 Å². The van der Waals surface area contributed by atoms with E-state index in [9.17, 15) is 4.79 Å². The first-order chi connectivity index (χ1) is 14.8. The van der Waals surface area contributed by atoms with Crippen molar-refractivity contribution in [2.24, 2.45) is 0 Å². The number of likely N-dealkylation sites (N-methyl/N-ethyl adjacent to an activating group) is 1. The van der Waals surface area contributed by atoms with Crippen LogP contribution in [0.1, 0.15) is 43.6 Å². The number of rotatable bonds is 3. The number of nitrogens with zero attached hydrogens (tertiary/aromatic N) is 3. The summed E-state index contributed by atoms with van der Waals surface area (Å²) in [5.41, 5.74) is 4.82. The first-order valence-electron chi connectivity index (χ1n) is 11.0. The Bertz CT molecular complexity index is 1090. The van der Waals surface area contributed by atoms with Crippen molar-refractivity contribution in [2.75, 3.05) is 32.7 Å². The average molecular weight is 480 g/mol. The Kier molecular flexibility index (Phi) is 6.18. The second kappa shape index (κ2) is 8.71. The third kappa shape index (κ3) is 4.68. The summed E-state index contributed by atoms with van der Waals surface area (Å²) < 4.78 is 0.953. The molecule has 0 unspecified atom stereocenters. The lowest BCUT2D eigenvalue weighted by molar-refractivity contribution is 0.0645. The first-order valence-corrected chi connectivity index (χ1v) is 11.8. The third-order valence-corrected chi connectivity index (χ3v) is 6.65. The molecule has 1 fully saturated rings. The Morgan fingerprint density at radius 1 is 1.00 bits per heavy atom. The van der Waals surface area contributed by atoms with E-state index in [1.807, 2.05) is 29.2 Å². The number of fused-ring (bicyclic) bond motifs is 1. The normalized spacial score (nSPS) is 15.5. The summed E-state index contributed by atoms with van der Waals surface area (Å²) in [4.78, 5) is 22.8. The van der Waals surface area contributed by atoms with Gasteiger partial charge in [-0.3, -0.25) is 4.79 Å². The first kappa shape index (κ1) is 22.0. The van der Waals surface area contributed by atoms with E-state index in [0.717, 1.165) is 64.9 Å². The quantitative estimate of drug-likeness (QED) is 0.480. The topological polar surface area (TPSA) is 36.4 Å². The number of piperazine rings is 1. The van der Waals surface area contributed by atoms with Gasteiger partial charge in [0, 0.05) is 41.6 Å². The molecule has 0 atom stereocenters. The number of pyridine rings is 1. The molecule has 4 nitrogen and oxygen atoms in total. The molecular formula is C26H30BrN3O. The van der Waals surface area contributed by atoms with Gasteiger partial charge in [-0.25, -0.2) is 4.98 Å². The van der Waals surface area contributed by atoms with Gasteiger partial charge in [0.2, 0.25) is 0 Å². The summed E-state index contributed by atoms with van der Waals surface area (Å²) in [5, 5.41) is 0.896. The van der Waals surface area contributed by atoms with Crippen LogP contribution in [0.4, 0.5) is 0 Å². The number of carbonyl (C=O) groups excluding carboxylic acids is 1. The molecule has 3 aromatic rings. The molecule has 2 heterocycles. The summed E-state index contributed by atoms with van der Waals surface area (Å²) in [6.07, 6.45) is 0. The van der Waals surface area contributed by atoms with Crippen molar-refractivity contribution in [3.05, 3.63) is 64.1 Å². The van der Waals surface area contributed by atoms with Crippen LogP contribution in [0.15, 0.2) is 53.0 Å². The van der Waals surface area contributed by atoms with Crippen molar-refractivity contribution in [3.8, 4) is 11.3 Å². The number of halogens is 1. The molecule has 2 aromatic carbocycles. The molecule has 0 bridgehead atoms. The molecule has 1 aliphatic rings. The van der Waals surface area contributed by atoms with Crippen LogP contribution in [-0.4, -0.2) is 53.4 Å². The van der Waals surface area contributed by atoms with E-state index >= 15 is 0 Å². The number of aromatic nitrogens is 1. The average Bonchev–Trinajstić information content (AvgIpc) is 2.77. The van der Waals surface area contributed by atoms with Gasteiger partial charge in [-0.15, -0.1) is 0 Å². The van der Waals surface area contributed by atoms with Crippen LogP contribution >= 0.6 is 15.9 Å². The Morgan fingerprint density at radius 3 is 2.29 bits per heavy atom. The van der Waals surface area contributed by atoms with E-state index in [-0.39, 0.29) is 11.3 Å². The highest BCUT2D eigenvalue weighted by atomic mass is 79.9. The Balaban J connectivity index is 1.75. The van der Waals surface area contributed by atoms with Gasteiger partial charge in [0.1, 0.15) is 0 Å². The number of hydrogen-bond acceptors (Lipinski definition) is 3. The highest BCUT2D eigenvalue weighted by molar-refractivity contribution is 9.10. The van der Waals surface area contributed by atoms with Gasteiger partial charge >= 0.3 is 0 Å². The molecule has 0 N–H and O–H groups in total. The number of carbonyl (C=O) groups is 1. The minimum absolute atomic E-state index is 0.0915. The number of hydrogen-bond donors (Lipinski definition) is 0. The summed E-state index contributed by atoms with van der Waals surface area (Å²) in [7, 11) is 0. The molecule has 0 aliphatic carbocycles. The van der Waals surface area contributed by atoms with Crippen LogP contribution in [0.3, 0.4) is 0 Å². The summed E-state index contributed by atoms with van der Waals surface area (Å²) in [5.74, 6) is 0.0915. The highest BCUT2D eigenvalue weighted by Gasteiger charge is 2.24. The fraction of sp³-hybridized carbons (Fsp3) is 0.385. The molecule has 1 aromatic heterocycles. The zero-order chi connectivity index (χ0) is 22.2. The van der Waals surface area contributed by atoms with Gasteiger partial charge < -0.3 is 9.80 Å². The second-order valence-electron chi connectivity index (χ2n) is 9.27. The van der Waals surface area contributed by atoms with Crippen LogP contribution < -0.4 is 0 Å². The van der Waals surface area contributed by atoms with Crippen molar-refractivity contribution < 1.29 is 4.79 Å². The Morgan fingerprint density at radius 2 is 1.68 bits per heavy atom. The maximum Gasteiger partial charge on any atom is 0.254 e. The zero-order valence-corrected chi connectivity index (χ0v) is 20.4. The summed E-state index contributed by atoms with van der Waals surface area (Å²) in [6.45, 7) is 13.2. The van der Waals surface area contributed by atoms with E-state index in [1.54, 1.807) is 0 Å². The molecule has 1 saturated heterocycles. The van der Waals surface area contributed by atoms with Gasteiger partial charge in [-0.2, -0.15) is 0 Å². The lowest BCUT2D eigenvalue weighted by Crippen LogP contribution is -2.48. The van der Waals surface area contributed by atoms with E-state index in [0.29, 0.717) is 0 Å². The van der Waals surface area contributed by atoms with Gasteiger partial charge in [-0.1, -0.05) is 67.9 Å². The SMILES string of the molecule is CCN1CCN(C(=O)c2cc(-c3ccc(C(C)(C)C)cc3)nc3ccc(Br)cc23)CC1. The van der Waals surface area contributed by atoms with Crippen molar-refractivity contribution in [1.29, 1.82) is 0 Å². The minimum Gasteiger partial charge on any atom is -0.336 e. The molecule has 1 aliphatic heterocycles. The van der Waals surface area contributed by atoms with E-state index in [1.165, 1.54) is 5.56 Å². The molecule has 0 spiro atoms. The molecule has 162 valence electrons. The molecular weight excluding hydrogens is 450 g/mol. The van der Waals surface area contributed by atoms with Gasteiger partial charge in [0.15, 0.2) is 0 Å². The van der Waals surface area contributed by atoms with Crippen molar-refractivity contribution in [2.45, 2.75) is 33.1 Å². The van der Waals surface area contributed by atoms with Gasteiger partial charge in [0.25, 0.3) is 5.91 Å². The smallest absolute Gasteiger partial charge is 0.254 e.